The summed E-state index contributed by atoms with van der Waals surface area (Å²) < 4.78 is 30.6. The Kier molecular flexibility index (Phi) is 7.71. The van der Waals surface area contributed by atoms with Crippen LogP contribution >= 0.6 is 23.2 Å². The Bertz CT molecular complexity index is 1340. The number of anilines is 2. The zero-order valence-electron chi connectivity index (χ0n) is 18.0. The number of halogens is 2. The molecule has 0 aliphatic carbocycles. The quantitative estimate of drug-likeness (QED) is 0.384. The lowest BCUT2D eigenvalue weighted by atomic mass is 10.2. The van der Waals surface area contributed by atoms with Crippen molar-refractivity contribution in [1.29, 1.82) is 0 Å². The van der Waals surface area contributed by atoms with Crippen molar-refractivity contribution in [1.82, 2.24) is 0 Å². The Morgan fingerprint density at radius 1 is 0.971 bits per heavy atom. The fourth-order valence-corrected chi connectivity index (χ4v) is 4.59. The molecule has 3 aromatic rings. The molecule has 0 spiro atoms. The number of sulfone groups is 1. The molecular formula is C23H20Cl2N2O6S. The summed E-state index contributed by atoms with van der Waals surface area (Å²) in [7, 11) is -2.55. The van der Waals surface area contributed by atoms with E-state index in [9.17, 15) is 23.1 Å². The number of nitrogens with one attached hydrogen (secondary N) is 2. The van der Waals surface area contributed by atoms with Gasteiger partial charge in [-0.3, -0.25) is 9.59 Å². The minimum atomic E-state index is -4.01. The van der Waals surface area contributed by atoms with Crippen LogP contribution in [0.5, 0.6) is 11.5 Å². The highest BCUT2D eigenvalue weighted by atomic mass is 35.5. The van der Waals surface area contributed by atoms with Gasteiger partial charge >= 0.3 is 0 Å². The molecule has 1 atom stereocenters. The van der Waals surface area contributed by atoms with Crippen molar-refractivity contribution >= 4 is 56.2 Å². The van der Waals surface area contributed by atoms with E-state index in [0.29, 0.717) is 10.8 Å². The molecule has 0 fully saturated rings. The monoisotopic (exact) mass is 522 g/mol. The molecule has 0 aromatic heterocycles. The van der Waals surface area contributed by atoms with Gasteiger partial charge in [0.25, 0.3) is 5.91 Å². The second kappa shape index (κ2) is 10.3. The number of hydrogen-bond donors (Lipinski definition) is 3. The first kappa shape index (κ1) is 25.4. The molecule has 0 aliphatic rings. The van der Waals surface area contributed by atoms with Crippen LogP contribution in [0.4, 0.5) is 11.4 Å². The van der Waals surface area contributed by atoms with Crippen LogP contribution in [0.15, 0.2) is 65.6 Å². The summed E-state index contributed by atoms with van der Waals surface area (Å²) in [4.78, 5) is 25.0. The number of carbonyl (C=O) groups excluding carboxylic acids is 2. The number of carbonyl (C=O) groups is 2. The highest BCUT2D eigenvalue weighted by Gasteiger charge is 2.30. The average Bonchev–Trinajstić information content (AvgIpc) is 2.81. The van der Waals surface area contributed by atoms with Gasteiger partial charge in [0.2, 0.25) is 5.91 Å². The van der Waals surface area contributed by atoms with Gasteiger partial charge in [-0.25, -0.2) is 8.42 Å². The number of methoxy groups -OCH3 is 1. The highest BCUT2D eigenvalue weighted by molar-refractivity contribution is 7.92. The van der Waals surface area contributed by atoms with Crippen molar-refractivity contribution in [2.45, 2.75) is 17.1 Å². The van der Waals surface area contributed by atoms with Gasteiger partial charge in [-0.15, -0.1) is 0 Å². The third-order valence-electron chi connectivity index (χ3n) is 4.90. The van der Waals surface area contributed by atoms with Crippen LogP contribution in [0.3, 0.4) is 0 Å². The van der Waals surface area contributed by atoms with Crippen LogP contribution in [0.1, 0.15) is 17.3 Å². The van der Waals surface area contributed by atoms with Gasteiger partial charge in [-0.05, 0) is 55.5 Å². The standard InChI is InChI=1S/C23H20Cl2N2O6S/c1-13(34(31,32)17-8-6-16(33-2)7-9-17)22(29)26-19-12-21(28)20(11-18(19)25)27-23(30)14-4-3-5-15(24)10-14/h3-13,28H,1-2H3,(H,26,29)(H,27,30). The molecule has 0 saturated heterocycles. The van der Waals surface area contributed by atoms with E-state index in [1.54, 1.807) is 18.2 Å². The fourth-order valence-electron chi connectivity index (χ4n) is 2.93. The van der Waals surface area contributed by atoms with E-state index in [2.05, 4.69) is 10.6 Å². The molecule has 0 heterocycles. The van der Waals surface area contributed by atoms with Crippen LogP contribution in [0, 0.1) is 0 Å². The van der Waals surface area contributed by atoms with Gasteiger partial charge in [-0.2, -0.15) is 0 Å². The predicted molar refractivity (Wildman–Crippen MR) is 131 cm³/mol. The van der Waals surface area contributed by atoms with Crippen molar-refractivity contribution in [2.75, 3.05) is 17.7 Å². The molecule has 0 bridgehead atoms. The number of benzene rings is 3. The number of aromatic hydroxyl groups is 1. The zero-order chi connectivity index (χ0) is 25.0. The maximum absolute atomic E-state index is 12.8. The molecule has 0 saturated carbocycles. The number of hydrogen-bond acceptors (Lipinski definition) is 6. The van der Waals surface area contributed by atoms with E-state index in [-0.39, 0.29) is 32.6 Å². The predicted octanol–water partition coefficient (Wildman–Crippen LogP) is 4.76. The van der Waals surface area contributed by atoms with E-state index in [1.807, 2.05) is 0 Å². The zero-order valence-corrected chi connectivity index (χ0v) is 20.3. The minimum Gasteiger partial charge on any atom is -0.506 e. The smallest absolute Gasteiger partial charge is 0.255 e. The number of amides is 2. The Labute approximate surface area is 206 Å². The molecule has 1 unspecified atom stereocenters. The molecular weight excluding hydrogens is 503 g/mol. The molecule has 0 radical (unpaired) electrons. The van der Waals surface area contributed by atoms with Crippen LogP contribution in [0.25, 0.3) is 0 Å². The average molecular weight is 523 g/mol. The second-order valence-corrected chi connectivity index (χ2v) is 10.3. The number of phenolic OH excluding ortho intramolecular Hbond substituents is 1. The maximum atomic E-state index is 12.8. The summed E-state index contributed by atoms with van der Waals surface area (Å²) in [5.41, 5.74) is 0.228. The van der Waals surface area contributed by atoms with Crippen molar-refractivity contribution < 1.29 is 27.9 Å². The molecule has 3 aromatic carbocycles. The lowest BCUT2D eigenvalue weighted by Crippen LogP contribution is -2.32. The lowest BCUT2D eigenvalue weighted by molar-refractivity contribution is -0.115. The number of ether oxygens (including phenoxy) is 1. The van der Waals surface area contributed by atoms with Crippen LogP contribution < -0.4 is 15.4 Å². The first-order valence-electron chi connectivity index (χ1n) is 9.81. The largest absolute Gasteiger partial charge is 0.506 e. The topological polar surface area (TPSA) is 122 Å². The van der Waals surface area contributed by atoms with Crippen LogP contribution in [-0.4, -0.2) is 37.7 Å². The molecule has 34 heavy (non-hydrogen) atoms. The Morgan fingerprint density at radius 3 is 2.26 bits per heavy atom. The van der Waals surface area contributed by atoms with E-state index in [1.165, 1.54) is 50.4 Å². The Morgan fingerprint density at radius 2 is 1.65 bits per heavy atom. The first-order chi connectivity index (χ1) is 16.0. The molecule has 11 heteroatoms. The van der Waals surface area contributed by atoms with Gasteiger partial charge in [0.05, 0.1) is 28.4 Å². The summed E-state index contributed by atoms with van der Waals surface area (Å²) in [5, 5.41) is 14.1. The third-order valence-corrected chi connectivity index (χ3v) is 7.52. The van der Waals surface area contributed by atoms with Crippen molar-refractivity contribution in [2.24, 2.45) is 0 Å². The molecule has 3 rings (SSSR count). The van der Waals surface area contributed by atoms with Crippen molar-refractivity contribution in [3.8, 4) is 11.5 Å². The SMILES string of the molecule is COc1ccc(S(=O)(=O)C(C)C(=O)Nc2cc(O)c(NC(=O)c3cccc(Cl)c3)cc2Cl)cc1. The van der Waals surface area contributed by atoms with Gasteiger partial charge in [-0.1, -0.05) is 29.3 Å². The van der Waals surface area contributed by atoms with Crippen LogP contribution in [-0.2, 0) is 14.6 Å². The van der Waals surface area contributed by atoms with Gasteiger partial charge < -0.3 is 20.5 Å². The van der Waals surface area contributed by atoms with Gasteiger partial charge in [0, 0.05) is 16.7 Å². The van der Waals surface area contributed by atoms with E-state index in [0.717, 1.165) is 6.07 Å². The van der Waals surface area contributed by atoms with Gasteiger partial charge in [0.1, 0.15) is 16.7 Å². The van der Waals surface area contributed by atoms with Gasteiger partial charge in [0.15, 0.2) is 9.84 Å². The summed E-state index contributed by atoms with van der Waals surface area (Å²) in [6, 6.07) is 14.2. The number of rotatable bonds is 7. The summed E-state index contributed by atoms with van der Waals surface area (Å²) in [6.07, 6.45) is 0. The van der Waals surface area contributed by atoms with E-state index in [4.69, 9.17) is 27.9 Å². The number of phenols is 1. The van der Waals surface area contributed by atoms with Crippen LogP contribution in [0.2, 0.25) is 10.0 Å². The fraction of sp³-hybridized carbons (Fsp3) is 0.130. The Hall–Kier alpha value is -3.27. The highest BCUT2D eigenvalue weighted by Crippen LogP contribution is 2.34. The Balaban J connectivity index is 1.76. The van der Waals surface area contributed by atoms with Crippen molar-refractivity contribution in [3.63, 3.8) is 0 Å². The molecule has 8 nitrogen and oxygen atoms in total. The molecule has 3 N–H and O–H groups in total. The molecule has 0 aliphatic heterocycles. The minimum absolute atomic E-state index is 0.00752. The van der Waals surface area contributed by atoms with Crippen molar-refractivity contribution in [3.05, 3.63) is 76.3 Å². The molecule has 2 amide bonds. The summed E-state index contributed by atoms with van der Waals surface area (Å²) in [5.74, 6) is -1.31. The molecule has 178 valence electrons. The second-order valence-electron chi connectivity index (χ2n) is 7.17. The summed E-state index contributed by atoms with van der Waals surface area (Å²) >= 11 is 12.1. The van der Waals surface area contributed by atoms with E-state index >= 15 is 0 Å². The first-order valence-corrected chi connectivity index (χ1v) is 12.1. The lowest BCUT2D eigenvalue weighted by Gasteiger charge is -2.16. The van der Waals surface area contributed by atoms with E-state index < -0.39 is 26.9 Å². The summed E-state index contributed by atoms with van der Waals surface area (Å²) in [6.45, 7) is 1.24. The normalized spacial score (nSPS) is 12.0. The maximum Gasteiger partial charge on any atom is 0.255 e. The third kappa shape index (κ3) is 5.61.